The summed E-state index contributed by atoms with van der Waals surface area (Å²) in [5.41, 5.74) is 3.30. The Morgan fingerprint density at radius 1 is 1.13 bits per heavy atom. The van der Waals surface area contributed by atoms with Crippen LogP contribution in [0, 0.1) is 5.41 Å². The number of rotatable bonds is 5. The van der Waals surface area contributed by atoms with Crippen molar-refractivity contribution >= 4 is 23.2 Å². The van der Waals surface area contributed by atoms with E-state index in [-0.39, 0.29) is 11.8 Å². The van der Waals surface area contributed by atoms with Crippen LogP contribution in [-0.4, -0.2) is 58.6 Å². The summed E-state index contributed by atoms with van der Waals surface area (Å²) in [6, 6.07) is 12.2. The zero-order valence-electron chi connectivity index (χ0n) is 17.5. The van der Waals surface area contributed by atoms with Crippen molar-refractivity contribution in [3.05, 3.63) is 64.6 Å². The number of carbonyl (C=O) groups excluding carboxylic acids is 2. The molecule has 0 radical (unpaired) electrons. The SMILES string of the molecule is CN(C)C(=O)[C@@]1(Cc2ccc(-c3ccsc3)cc2)CCN(C(=O)c2ccn(C)n2)C1. The van der Waals surface area contributed by atoms with E-state index in [4.69, 9.17) is 0 Å². The second-order valence-corrected chi connectivity index (χ2v) is 9.00. The minimum Gasteiger partial charge on any atom is -0.348 e. The van der Waals surface area contributed by atoms with Crippen LogP contribution in [0.2, 0.25) is 0 Å². The molecule has 7 heteroatoms. The number of hydrogen-bond donors (Lipinski definition) is 0. The molecule has 2 aromatic heterocycles. The van der Waals surface area contributed by atoms with Gasteiger partial charge in [-0.05, 0) is 52.4 Å². The van der Waals surface area contributed by atoms with Crippen molar-refractivity contribution in [3.63, 3.8) is 0 Å². The van der Waals surface area contributed by atoms with Gasteiger partial charge in [0.05, 0.1) is 5.41 Å². The highest BCUT2D eigenvalue weighted by Gasteiger charge is 2.47. The summed E-state index contributed by atoms with van der Waals surface area (Å²) < 4.78 is 1.62. The smallest absolute Gasteiger partial charge is 0.274 e. The van der Waals surface area contributed by atoms with Crippen LogP contribution in [-0.2, 0) is 18.3 Å². The van der Waals surface area contributed by atoms with E-state index < -0.39 is 5.41 Å². The zero-order chi connectivity index (χ0) is 21.3. The van der Waals surface area contributed by atoms with Gasteiger partial charge < -0.3 is 9.80 Å². The third-order valence-corrected chi connectivity index (χ3v) is 6.47. The second kappa shape index (κ2) is 8.07. The molecule has 3 heterocycles. The van der Waals surface area contributed by atoms with Crippen molar-refractivity contribution in [2.45, 2.75) is 12.8 Å². The molecule has 30 heavy (non-hydrogen) atoms. The number of carbonyl (C=O) groups is 2. The van der Waals surface area contributed by atoms with E-state index >= 15 is 0 Å². The van der Waals surface area contributed by atoms with Crippen LogP contribution in [0.4, 0.5) is 0 Å². The normalized spacial score (nSPS) is 18.6. The average Bonchev–Trinajstić information content (AvgIpc) is 3.49. The minimum atomic E-state index is -0.613. The molecule has 0 saturated carbocycles. The fourth-order valence-electron chi connectivity index (χ4n) is 4.24. The fourth-order valence-corrected chi connectivity index (χ4v) is 4.91. The van der Waals surface area contributed by atoms with E-state index in [0.717, 1.165) is 5.56 Å². The first-order chi connectivity index (χ1) is 14.4. The largest absolute Gasteiger partial charge is 0.348 e. The Morgan fingerprint density at radius 3 is 2.50 bits per heavy atom. The predicted molar refractivity (Wildman–Crippen MR) is 118 cm³/mol. The monoisotopic (exact) mass is 422 g/mol. The van der Waals surface area contributed by atoms with Crippen LogP contribution < -0.4 is 0 Å². The van der Waals surface area contributed by atoms with Crippen molar-refractivity contribution in [1.29, 1.82) is 0 Å². The van der Waals surface area contributed by atoms with Crippen molar-refractivity contribution in [2.24, 2.45) is 12.5 Å². The van der Waals surface area contributed by atoms with Gasteiger partial charge >= 0.3 is 0 Å². The summed E-state index contributed by atoms with van der Waals surface area (Å²) in [5, 5.41) is 8.43. The predicted octanol–water partition coefficient (Wildman–Crippen LogP) is 3.31. The highest BCUT2D eigenvalue weighted by molar-refractivity contribution is 7.08. The molecule has 1 atom stereocenters. The highest BCUT2D eigenvalue weighted by atomic mass is 32.1. The van der Waals surface area contributed by atoms with Crippen LogP contribution in [0.1, 0.15) is 22.5 Å². The highest BCUT2D eigenvalue weighted by Crippen LogP contribution is 2.37. The molecule has 0 spiro atoms. The van der Waals surface area contributed by atoms with Crippen molar-refractivity contribution < 1.29 is 9.59 Å². The molecule has 1 aliphatic rings. The van der Waals surface area contributed by atoms with Gasteiger partial charge in [-0.25, -0.2) is 0 Å². The lowest BCUT2D eigenvalue weighted by atomic mass is 9.79. The number of aromatic nitrogens is 2. The van der Waals surface area contributed by atoms with E-state index in [1.165, 1.54) is 11.1 Å². The van der Waals surface area contributed by atoms with E-state index in [1.54, 1.807) is 59.2 Å². The maximum Gasteiger partial charge on any atom is 0.274 e. The minimum absolute atomic E-state index is 0.0701. The molecule has 0 N–H and O–H groups in total. The fraction of sp³-hybridized carbons (Fsp3) is 0.348. The molecule has 156 valence electrons. The quantitative estimate of drug-likeness (QED) is 0.634. The molecule has 1 aliphatic heterocycles. The number of benzene rings is 1. The molecule has 4 rings (SSSR count). The molecule has 0 bridgehead atoms. The molecule has 0 aliphatic carbocycles. The Hall–Kier alpha value is -2.93. The van der Waals surface area contributed by atoms with E-state index in [1.807, 2.05) is 0 Å². The Labute approximate surface area is 180 Å². The van der Waals surface area contributed by atoms with E-state index in [9.17, 15) is 9.59 Å². The number of hydrogen-bond acceptors (Lipinski definition) is 4. The molecule has 0 unspecified atom stereocenters. The Bertz CT molecular complexity index is 1040. The topological polar surface area (TPSA) is 58.4 Å². The van der Waals surface area contributed by atoms with Crippen LogP contribution in [0.15, 0.2) is 53.4 Å². The summed E-state index contributed by atoms with van der Waals surface area (Å²) in [6.07, 6.45) is 3.02. The van der Waals surface area contributed by atoms with Gasteiger partial charge in [0.1, 0.15) is 5.69 Å². The lowest BCUT2D eigenvalue weighted by molar-refractivity contribution is -0.138. The molecular weight excluding hydrogens is 396 g/mol. The molecule has 1 aromatic carbocycles. The number of amides is 2. The Kier molecular flexibility index (Phi) is 5.47. The van der Waals surface area contributed by atoms with Crippen molar-refractivity contribution in [3.8, 4) is 11.1 Å². The van der Waals surface area contributed by atoms with Gasteiger partial charge in [-0.1, -0.05) is 24.3 Å². The number of nitrogens with zero attached hydrogens (tertiary/aromatic N) is 4. The first-order valence-corrected chi connectivity index (χ1v) is 10.9. The first-order valence-electron chi connectivity index (χ1n) is 10.0. The Balaban J connectivity index is 1.56. The molecule has 3 aromatic rings. The van der Waals surface area contributed by atoms with Gasteiger partial charge in [-0.15, -0.1) is 0 Å². The van der Waals surface area contributed by atoms with E-state index in [2.05, 4.69) is 46.2 Å². The second-order valence-electron chi connectivity index (χ2n) is 8.22. The summed E-state index contributed by atoms with van der Waals surface area (Å²) in [4.78, 5) is 29.5. The lowest BCUT2D eigenvalue weighted by Gasteiger charge is -2.31. The molecule has 1 saturated heterocycles. The lowest BCUT2D eigenvalue weighted by Crippen LogP contribution is -2.44. The van der Waals surface area contributed by atoms with Crippen LogP contribution in [0.3, 0.4) is 0 Å². The van der Waals surface area contributed by atoms with Crippen molar-refractivity contribution in [1.82, 2.24) is 19.6 Å². The van der Waals surface area contributed by atoms with Crippen LogP contribution in [0.25, 0.3) is 11.1 Å². The molecule has 1 fully saturated rings. The first kappa shape index (κ1) is 20.3. The standard InChI is InChI=1S/C23H26N4O2S/c1-25(2)22(29)23(10-12-27(16-23)21(28)20-8-11-26(3)24-20)14-17-4-6-18(7-5-17)19-9-13-30-15-19/h4-9,11,13,15H,10,12,14,16H2,1-3H3/t23-/m1/s1. The van der Waals surface area contributed by atoms with Gasteiger partial charge in [-0.3, -0.25) is 14.3 Å². The molecule has 6 nitrogen and oxygen atoms in total. The van der Waals surface area contributed by atoms with E-state index in [0.29, 0.717) is 31.6 Å². The number of thiophene rings is 1. The summed E-state index contributed by atoms with van der Waals surface area (Å²) in [5.74, 6) is -0.0439. The molecule has 2 amide bonds. The zero-order valence-corrected chi connectivity index (χ0v) is 18.4. The van der Waals surface area contributed by atoms with Crippen molar-refractivity contribution in [2.75, 3.05) is 27.2 Å². The summed E-state index contributed by atoms with van der Waals surface area (Å²) >= 11 is 1.68. The van der Waals surface area contributed by atoms with Gasteiger partial charge in [0.2, 0.25) is 5.91 Å². The average molecular weight is 423 g/mol. The van der Waals surface area contributed by atoms with Gasteiger partial charge in [0.15, 0.2) is 0 Å². The van der Waals surface area contributed by atoms with Gasteiger partial charge in [0.25, 0.3) is 5.91 Å². The van der Waals surface area contributed by atoms with Gasteiger partial charge in [0, 0.05) is 40.4 Å². The Morgan fingerprint density at radius 2 is 1.90 bits per heavy atom. The maximum atomic E-state index is 13.2. The summed E-state index contributed by atoms with van der Waals surface area (Å²) in [7, 11) is 5.36. The summed E-state index contributed by atoms with van der Waals surface area (Å²) in [6.45, 7) is 0.966. The maximum absolute atomic E-state index is 13.2. The third kappa shape index (κ3) is 3.89. The molecular formula is C23H26N4O2S. The third-order valence-electron chi connectivity index (χ3n) is 5.78. The number of likely N-dealkylation sites (tertiary alicyclic amines) is 1. The van der Waals surface area contributed by atoms with Crippen LogP contribution >= 0.6 is 11.3 Å². The van der Waals surface area contributed by atoms with Gasteiger partial charge in [-0.2, -0.15) is 16.4 Å². The number of aryl methyl sites for hydroxylation is 1. The van der Waals surface area contributed by atoms with Crippen LogP contribution in [0.5, 0.6) is 0 Å².